The summed E-state index contributed by atoms with van der Waals surface area (Å²) >= 11 is 0. The third-order valence-corrected chi connectivity index (χ3v) is 2.54. The van der Waals surface area contributed by atoms with E-state index in [0.717, 1.165) is 4.68 Å². The van der Waals surface area contributed by atoms with E-state index < -0.39 is 11.6 Å². The Bertz CT molecular complexity index is 552. The molecule has 0 amide bonds. The van der Waals surface area contributed by atoms with E-state index in [-0.39, 0.29) is 5.69 Å². The molecule has 2 aromatic rings. The Morgan fingerprint density at radius 3 is 2.83 bits per heavy atom. The van der Waals surface area contributed by atoms with Gasteiger partial charge in [0.1, 0.15) is 5.69 Å². The predicted molar refractivity (Wildman–Crippen MR) is 61.2 cm³/mol. The number of hydrogen-bond acceptors (Lipinski definition) is 4. The molecule has 18 heavy (non-hydrogen) atoms. The van der Waals surface area contributed by atoms with Crippen molar-refractivity contribution in [2.75, 3.05) is 6.54 Å². The molecule has 96 valence electrons. The molecule has 0 unspecified atom stereocenters. The quantitative estimate of drug-likeness (QED) is 0.893. The monoisotopic (exact) mass is 253 g/mol. The number of rotatable bonds is 4. The van der Waals surface area contributed by atoms with Crippen molar-refractivity contribution in [3.63, 3.8) is 0 Å². The number of aromatic nitrogens is 4. The Hall–Kier alpha value is -1.89. The summed E-state index contributed by atoms with van der Waals surface area (Å²) in [5.41, 5.74) is 0.101. The van der Waals surface area contributed by atoms with Gasteiger partial charge in [-0.15, -0.1) is 5.10 Å². The van der Waals surface area contributed by atoms with Crippen LogP contribution in [0.2, 0.25) is 0 Å². The zero-order valence-electron chi connectivity index (χ0n) is 10.1. The number of nitrogens with one attached hydrogen (secondary N) is 1. The maximum atomic E-state index is 14.0. The van der Waals surface area contributed by atoms with Crippen molar-refractivity contribution in [2.45, 2.75) is 20.4 Å². The molecule has 7 heteroatoms. The molecule has 0 saturated heterocycles. The van der Waals surface area contributed by atoms with Gasteiger partial charge in [-0.2, -0.15) is 4.68 Å². The van der Waals surface area contributed by atoms with Gasteiger partial charge in [-0.3, -0.25) is 0 Å². The zero-order chi connectivity index (χ0) is 13.1. The fourth-order valence-electron chi connectivity index (χ4n) is 1.56. The van der Waals surface area contributed by atoms with Crippen LogP contribution < -0.4 is 5.32 Å². The molecule has 0 radical (unpaired) electrons. The lowest BCUT2D eigenvalue weighted by Crippen LogP contribution is -2.17. The van der Waals surface area contributed by atoms with Crippen LogP contribution in [0.3, 0.4) is 0 Å². The molecule has 0 fully saturated rings. The fraction of sp³-hybridized carbons (Fsp3) is 0.364. The average molecular weight is 253 g/mol. The molecule has 1 aromatic carbocycles. The molecular weight excluding hydrogens is 240 g/mol. The number of hydrogen-bond donors (Lipinski definition) is 1. The van der Waals surface area contributed by atoms with Crippen LogP contribution in [0.15, 0.2) is 12.1 Å². The molecule has 0 spiro atoms. The molecule has 1 aromatic heterocycles. The van der Waals surface area contributed by atoms with Crippen LogP contribution in [-0.2, 0) is 6.54 Å². The van der Waals surface area contributed by atoms with Crippen molar-refractivity contribution in [3.05, 3.63) is 35.2 Å². The lowest BCUT2D eigenvalue weighted by atomic mass is 10.2. The third-order valence-electron chi connectivity index (χ3n) is 2.54. The third kappa shape index (κ3) is 2.21. The second-order valence-corrected chi connectivity index (χ2v) is 3.81. The standard InChI is InChI=1S/C11H13F2N5/c1-3-14-6-9-15-16-17-18(9)11-8(12)5-4-7(2)10(11)13/h4-5,14H,3,6H2,1-2H3. The Labute approximate surface area is 103 Å². The van der Waals surface area contributed by atoms with Crippen LogP contribution in [-0.4, -0.2) is 26.8 Å². The van der Waals surface area contributed by atoms with Crippen molar-refractivity contribution in [1.29, 1.82) is 0 Å². The summed E-state index contributed by atoms with van der Waals surface area (Å²) in [5, 5.41) is 13.8. The Kier molecular flexibility index (Phi) is 3.61. The summed E-state index contributed by atoms with van der Waals surface area (Å²) in [6.07, 6.45) is 0. The molecule has 0 atom stereocenters. The summed E-state index contributed by atoms with van der Waals surface area (Å²) in [6, 6.07) is 2.58. The fourth-order valence-corrected chi connectivity index (χ4v) is 1.56. The first-order valence-corrected chi connectivity index (χ1v) is 5.58. The highest BCUT2D eigenvalue weighted by Gasteiger charge is 2.18. The first-order valence-electron chi connectivity index (χ1n) is 5.58. The Balaban J connectivity index is 2.49. The minimum absolute atomic E-state index is 0.243. The number of nitrogens with zero attached hydrogens (tertiary/aromatic N) is 4. The molecular formula is C11H13F2N5. The Morgan fingerprint density at radius 2 is 2.11 bits per heavy atom. The average Bonchev–Trinajstić information content (AvgIpc) is 2.80. The normalized spacial score (nSPS) is 10.9. The van der Waals surface area contributed by atoms with Crippen LogP contribution >= 0.6 is 0 Å². The minimum atomic E-state index is -0.692. The first-order chi connectivity index (χ1) is 8.65. The van der Waals surface area contributed by atoms with Crippen LogP contribution in [0.5, 0.6) is 0 Å². The van der Waals surface area contributed by atoms with Gasteiger partial charge in [0.2, 0.25) is 0 Å². The van der Waals surface area contributed by atoms with Gasteiger partial charge in [0.15, 0.2) is 17.5 Å². The van der Waals surface area contributed by atoms with E-state index in [1.165, 1.54) is 12.1 Å². The van der Waals surface area contributed by atoms with Crippen LogP contribution in [0.1, 0.15) is 18.3 Å². The summed E-state index contributed by atoms with van der Waals surface area (Å²) in [6.45, 7) is 4.54. The van der Waals surface area contributed by atoms with E-state index in [2.05, 4.69) is 20.8 Å². The highest BCUT2D eigenvalue weighted by Crippen LogP contribution is 2.20. The second kappa shape index (κ2) is 5.18. The number of benzene rings is 1. The van der Waals surface area contributed by atoms with Crippen molar-refractivity contribution < 1.29 is 8.78 Å². The van der Waals surface area contributed by atoms with Gasteiger partial charge in [0, 0.05) is 0 Å². The lowest BCUT2D eigenvalue weighted by molar-refractivity contribution is 0.542. The van der Waals surface area contributed by atoms with Crippen LogP contribution in [0.4, 0.5) is 8.78 Å². The predicted octanol–water partition coefficient (Wildman–Crippen LogP) is 1.36. The Morgan fingerprint density at radius 1 is 1.33 bits per heavy atom. The molecule has 0 saturated carbocycles. The van der Waals surface area contributed by atoms with Gasteiger partial charge in [-0.25, -0.2) is 8.78 Å². The molecule has 0 aliphatic heterocycles. The van der Waals surface area contributed by atoms with Gasteiger partial charge in [0.25, 0.3) is 0 Å². The zero-order valence-corrected chi connectivity index (χ0v) is 10.1. The highest BCUT2D eigenvalue weighted by molar-refractivity contribution is 5.38. The topological polar surface area (TPSA) is 55.6 Å². The SMILES string of the molecule is CCNCc1nnnn1-c1c(F)ccc(C)c1F. The van der Waals surface area contributed by atoms with E-state index in [0.29, 0.717) is 24.5 Å². The van der Waals surface area contributed by atoms with Crippen molar-refractivity contribution >= 4 is 0 Å². The summed E-state index contributed by atoms with van der Waals surface area (Å²) < 4.78 is 28.8. The van der Waals surface area contributed by atoms with Gasteiger partial charge in [-0.1, -0.05) is 13.0 Å². The van der Waals surface area contributed by atoms with E-state index in [9.17, 15) is 8.78 Å². The van der Waals surface area contributed by atoms with Gasteiger partial charge >= 0.3 is 0 Å². The first kappa shape index (κ1) is 12.6. The molecule has 1 heterocycles. The van der Waals surface area contributed by atoms with E-state index >= 15 is 0 Å². The molecule has 1 N–H and O–H groups in total. The molecule has 2 rings (SSSR count). The number of aryl methyl sites for hydroxylation is 1. The largest absolute Gasteiger partial charge is 0.310 e. The lowest BCUT2D eigenvalue weighted by Gasteiger charge is -2.08. The molecule has 0 bridgehead atoms. The van der Waals surface area contributed by atoms with Gasteiger partial charge < -0.3 is 5.32 Å². The smallest absolute Gasteiger partial charge is 0.170 e. The molecule has 0 aliphatic rings. The summed E-state index contributed by atoms with van der Waals surface area (Å²) in [7, 11) is 0. The van der Waals surface area contributed by atoms with Crippen molar-refractivity contribution in [2.24, 2.45) is 0 Å². The minimum Gasteiger partial charge on any atom is -0.310 e. The van der Waals surface area contributed by atoms with E-state index in [1.807, 2.05) is 6.92 Å². The summed E-state index contributed by atoms with van der Waals surface area (Å²) in [4.78, 5) is 0. The maximum Gasteiger partial charge on any atom is 0.170 e. The van der Waals surface area contributed by atoms with Gasteiger partial charge in [-0.05, 0) is 35.5 Å². The molecule has 0 aliphatic carbocycles. The van der Waals surface area contributed by atoms with E-state index in [1.54, 1.807) is 6.92 Å². The van der Waals surface area contributed by atoms with Crippen LogP contribution in [0.25, 0.3) is 5.69 Å². The highest BCUT2D eigenvalue weighted by atomic mass is 19.1. The number of tetrazole rings is 1. The molecule has 5 nitrogen and oxygen atoms in total. The van der Waals surface area contributed by atoms with Crippen molar-refractivity contribution in [3.8, 4) is 5.69 Å². The second-order valence-electron chi connectivity index (χ2n) is 3.81. The number of halogens is 2. The van der Waals surface area contributed by atoms with Crippen LogP contribution in [0, 0.1) is 18.6 Å². The summed E-state index contributed by atoms with van der Waals surface area (Å²) in [5.74, 6) is -0.983. The van der Waals surface area contributed by atoms with E-state index in [4.69, 9.17) is 0 Å². The maximum absolute atomic E-state index is 14.0. The van der Waals surface area contributed by atoms with Crippen molar-refractivity contribution in [1.82, 2.24) is 25.5 Å². The van der Waals surface area contributed by atoms with Gasteiger partial charge in [0.05, 0.1) is 6.54 Å².